The van der Waals surface area contributed by atoms with Crippen LogP contribution in [0.15, 0.2) is 0 Å². The molecule has 0 saturated carbocycles. The Labute approximate surface area is 43.5 Å². The molecule has 1 rings (SSSR count). The van der Waals surface area contributed by atoms with Crippen LogP contribution >= 0.6 is 0 Å². The minimum atomic E-state index is 0.833. The average molecular weight is 96.9 g/mol. The van der Waals surface area contributed by atoms with E-state index < -0.39 is 0 Å². The van der Waals surface area contributed by atoms with Crippen molar-refractivity contribution in [3.8, 4) is 6.57 Å². The maximum absolute atomic E-state index is 6.50. The molecular formula is C3H6BN2O. The number of nitrogens with one attached hydrogen (secondary N) is 1. The Hall–Kier alpha value is -0.525. The van der Waals surface area contributed by atoms with Gasteiger partial charge in [0.1, 0.15) is 0 Å². The number of hydrogen-bond acceptors (Lipinski definition) is 3. The maximum Gasteiger partial charge on any atom is 0.244 e. The van der Waals surface area contributed by atoms with Gasteiger partial charge in [-0.15, -0.1) is 0 Å². The molecule has 4 heteroatoms. The number of rotatable bonds is 0. The predicted molar refractivity (Wildman–Crippen MR) is 26.3 cm³/mol. The molecule has 0 bridgehead atoms. The van der Waals surface area contributed by atoms with E-state index in [1.807, 2.05) is 7.41 Å². The second kappa shape index (κ2) is 5.47. The summed E-state index contributed by atoms with van der Waals surface area (Å²) in [6, 6.07) is 0. The molecule has 1 radical (unpaired) electrons. The fourth-order valence-corrected chi connectivity index (χ4v) is 0.295. The quantitative estimate of drug-likeness (QED) is 0.422. The molecule has 7 heavy (non-hydrogen) atoms. The lowest BCUT2D eigenvalue weighted by atomic mass is 9.94. The molecule has 3 nitrogen and oxygen atoms in total. The molecule has 0 unspecified atom stereocenters. The smallest absolute Gasteiger partial charge is 0.244 e. The van der Waals surface area contributed by atoms with E-state index in [1.165, 1.54) is 0 Å². The zero-order chi connectivity index (χ0) is 5.54. The van der Waals surface area contributed by atoms with Gasteiger partial charge in [0.05, 0.1) is 6.61 Å². The van der Waals surface area contributed by atoms with Crippen molar-refractivity contribution in [2.45, 2.75) is 6.32 Å². The highest BCUT2D eigenvalue weighted by atomic mass is 16.6. The first kappa shape index (κ1) is 6.47. The van der Waals surface area contributed by atoms with Crippen molar-refractivity contribution in [2.24, 2.45) is 0 Å². The molecule has 0 aromatic rings. The number of nitrogens with zero attached hydrogens (tertiary/aromatic N) is 1. The van der Waals surface area contributed by atoms with E-state index in [0.717, 1.165) is 12.9 Å². The molecule has 37 valence electrons. The lowest BCUT2D eigenvalue weighted by Gasteiger charge is -1.80. The molecule has 1 heterocycles. The van der Waals surface area contributed by atoms with Crippen LogP contribution in [0.25, 0.3) is 0 Å². The summed E-state index contributed by atoms with van der Waals surface area (Å²) in [4.78, 5) is 4.64. The van der Waals surface area contributed by atoms with Gasteiger partial charge in [-0.25, -0.2) is 5.26 Å². The fourth-order valence-electron chi connectivity index (χ4n) is 0.295. The molecular weight excluding hydrogens is 90.9 g/mol. The summed E-state index contributed by atoms with van der Waals surface area (Å²) in [5.41, 5.74) is 0. The Morgan fingerprint density at radius 3 is 2.57 bits per heavy atom. The van der Waals surface area contributed by atoms with Crippen LogP contribution in [-0.2, 0) is 4.84 Å². The summed E-state index contributed by atoms with van der Waals surface area (Å²) < 4.78 is 0. The summed E-state index contributed by atoms with van der Waals surface area (Å²) in [5, 5.41) is 9.10. The van der Waals surface area contributed by atoms with Crippen molar-refractivity contribution >= 4 is 7.41 Å². The average Bonchev–Trinajstić information content (AvgIpc) is 2.23. The van der Waals surface area contributed by atoms with E-state index in [9.17, 15) is 0 Å². The zero-order valence-corrected chi connectivity index (χ0v) is 3.92. The highest BCUT2D eigenvalue weighted by Gasteiger charge is 1.96. The van der Waals surface area contributed by atoms with Crippen molar-refractivity contribution in [1.82, 2.24) is 5.39 Å². The van der Waals surface area contributed by atoms with Gasteiger partial charge in [0, 0.05) is 6.57 Å². The topological polar surface area (TPSA) is 45.0 Å². The molecule has 1 N–H and O–H groups in total. The summed E-state index contributed by atoms with van der Waals surface area (Å²) in [7, 11) is 1.89. The lowest BCUT2D eigenvalue weighted by Crippen LogP contribution is -2.05. The molecule has 1 aliphatic rings. The standard InChI is InChI=1S/C2H5BNO.CHN/c1-2-5-4-3-1;1-2/h4H,1-2H2;1H. The van der Waals surface area contributed by atoms with E-state index in [-0.39, 0.29) is 0 Å². The number of nitriles is 1. The van der Waals surface area contributed by atoms with Gasteiger partial charge < -0.3 is 4.84 Å². The minimum absolute atomic E-state index is 0.833. The van der Waals surface area contributed by atoms with E-state index in [0.29, 0.717) is 0 Å². The molecule has 1 saturated heterocycles. The highest BCUT2D eigenvalue weighted by Crippen LogP contribution is 1.82. The zero-order valence-electron chi connectivity index (χ0n) is 3.92. The minimum Gasteiger partial charge on any atom is -0.315 e. The third kappa shape index (κ3) is 3.30. The van der Waals surface area contributed by atoms with Gasteiger partial charge in [0.15, 0.2) is 0 Å². The van der Waals surface area contributed by atoms with Crippen LogP contribution in [-0.4, -0.2) is 14.0 Å². The molecule has 0 aliphatic carbocycles. The molecule has 1 fully saturated rings. The van der Waals surface area contributed by atoms with E-state index in [1.54, 1.807) is 0 Å². The monoisotopic (exact) mass is 97.1 g/mol. The molecule has 0 amide bonds. The molecule has 0 spiro atoms. The second-order valence-corrected chi connectivity index (χ2v) is 0.959. The van der Waals surface area contributed by atoms with Gasteiger partial charge in [-0.3, -0.25) is 5.39 Å². The third-order valence-electron chi connectivity index (χ3n) is 0.531. The van der Waals surface area contributed by atoms with Crippen molar-refractivity contribution in [1.29, 1.82) is 5.26 Å². The van der Waals surface area contributed by atoms with Gasteiger partial charge >= 0.3 is 0 Å². The van der Waals surface area contributed by atoms with Crippen molar-refractivity contribution in [3.05, 3.63) is 0 Å². The van der Waals surface area contributed by atoms with E-state index in [4.69, 9.17) is 5.26 Å². The molecule has 1 aliphatic heterocycles. The van der Waals surface area contributed by atoms with Gasteiger partial charge in [0.2, 0.25) is 7.41 Å². The Bertz CT molecular complexity index is 44.5. The van der Waals surface area contributed by atoms with Crippen LogP contribution < -0.4 is 5.39 Å². The first-order valence-corrected chi connectivity index (χ1v) is 1.95. The van der Waals surface area contributed by atoms with Crippen LogP contribution in [0.5, 0.6) is 0 Å². The van der Waals surface area contributed by atoms with Gasteiger partial charge in [-0.05, 0) is 6.32 Å². The Morgan fingerprint density at radius 1 is 1.71 bits per heavy atom. The maximum atomic E-state index is 6.50. The van der Waals surface area contributed by atoms with Gasteiger partial charge in [-0.2, -0.15) is 0 Å². The highest BCUT2D eigenvalue weighted by molar-refractivity contribution is 6.32. The summed E-state index contributed by atoms with van der Waals surface area (Å²) >= 11 is 0. The molecule has 0 aromatic carbocycles. The van der Waals surface area contributed by atoms with Crippen LogP contribution in [0.2, 0.25) is 6.32 Å². The summed E-state index contributed by atoms with van der Waals surface area (Å²) in [5.74, 6) is 0. The Morgan fingerprint density at radius 2 is 2.43 bits per heavy atom. The molecule has 0 aromatic heterocycles. The Kier molecular flexibility index (Phi) is 5.06. The fraction of sp³-hybridized carbons (Fsp3) is 0.667. The number of hydrogen-bond donors (Lipinski definition) is 1. The SMILES string of the molecule is C#N.[B]1CCON1. The van der Waals surface area contributed by atoms with Gasteiger partial charge in [0.25, 0.3) is 0 Å². The van der Waals surface area contributed by atoms with Crippen LogP contribution in [0.3, 0.4) is 0 Å². The first-order chi connectivity index (χ1) is 3.50. The largest absolute Gasteiger partial charge is 0.315 e. The van der Waals surface area contributed by atoms with Crippen LogP contribution in [0.4, 0.5) is 0 Å². The Balaban J connectivity index is 0.000000162. The van der Waals surface area contributed by atoms with E-state index in [2.05, 4.69) is 16.8 Å². The third-order valence-corrected chi connectivity index (χ3v) is 0.531. The first-order valence-electron chi connectivity index (χ1n) is 1.95. The predicted octanol–water partition coefficient (Wildman–Crippen LogP) is -0.302. The van der Waals surface area contributed by atoms with Crippen molar-refractivity contribution < 1.29 is 4.84 Å². The van der Waals surface area contributed by atoms with Gasteiger partial charge in [-0.1, -0.05) is 0 Å². The normalized spacial score (nSPS) is 16.3. The summed E-state index contributed by atoms with van der Waals surface area (Å²) in [6.45, 7) is 4.33. The van der Waals surface area contributed by atoms with Crippen molar-refractivity contribution in [3.63, 3.8) is 0 Å². The second-order valence-electron chi connectivity index (χ2n) is 0.959. The van der Waals surface area contributed by atoms with Crippen LogP contribution in [0.1, 0.15) is 0 Å². The van der Waals surface area contributed by atoms with Crippen LogP contribution in [0, 0.1) is 11.8 Å². The van der Waals surface area contributed by atoms with E-state index >= 15 is 0 Å². The summed E-state index contributed by atoms with van der Waals surface area (Å²) in [6.07, 6.45) is 1.04. The molecule has 0 atom stereocenters. The lowest BCUT2D eigenvalue weighted by molar-refractivity contribution is 0.128. The van der Waals surface area contributed by atoms with Crippen molar-refractivity contribution in [2.75, 3.05) is 6.61 Å².